The molecule has 13 nitrogen and oxygen atoms in total. The van der Waals surface area contributed by atoms with Crippen LogP contribution >= 0.6 is 34.4 Å². The minimum atomic E-state index is -4.02. The van der Waals surface area contributed by atoms with E-state index in [1.165, 1.54) is 5.38 Å². The van der Waals surface area contributed by atoms with Crippen molar-refractivity contribution in [3.63, 3.8) is 0 Å². The molecule has 192 valence electrons. The Kier molecular flexibility index (Phi) is 8.17. The van der Waals surface area contributed by atoms with Gasteiger partial charge < -0.3 is 26.2 Å². The van der Waals surface area contributed by atoms with E-state index in [-0.39, 0.29) is 56.0 Å². The summed E-state index contributed by atoms with van der Waals surface area (Å²) in [5.74, 6) is -4.13. The third kappa shape index (κ3) is 5.06. The smallest absolute Gasteiger partial charge is 0.543 e. The van der Waals surface area contributed by atoms with E-state index in [9.17, 15) is 33.1 Å². The summed E-state index contributed by atoms with van der Waals surface area (Å²) in [5, 5.41) is 27.3. The second-order valence-corrected chi connectivity index (χ2v) is 13.0. The Labute approximate surface area is 249 Å². The molecule has 0 radical (unpaired) electrons. The van der Waals surface area contributed by atoms with E-state index in [0.29, 0.717) is 10.2 Å². The number of aliphatic carboxylic acids is 1. The van der Waals surface area contributed by atoms with Crippen LogP contribution in [0, 0.1) is 0 Å². The number of rotatable bonds is 7. The molecular weight excluding hydrogens is 588 g/mol. The number of carbonyl (C=O) groups excluding carboxylic acids is 3. The molecule has 1 unspecified atom stereocenters. The summed E-state index contributed by atoms with van der Waals surface area (Å²) in [6.45, 7) is 0. The van der Waals surface area contributed by atoms with E-state index in [0.717, 1.165) is 39.3 Å². The van der Waals surface area contributed by atoms with Gasteiger partial charge in [-0.1, -0.05) is 17.3 Å². The zero-order valence-corrected chi connectivity index (χ0v) is 24.6. The Morgan fingerprint density at radius 1 is 1.29 bits per heavy atom. The molecule has 2 aliphatic heterocycles. The van der Waals surface area contributed by atoms with Crippen LogP contribution in [0.1, 0.15) is 5.69 Å². The summed E-state index contributed by atoms with van der Waals surface area (Å²) in [6, 6.07) is 5.71. The van der Waals surface area contributed by atoms with Crippen LogP contribution in [0.15, 0.2) is 50.4 Å². The molecular formula is C20H15N6NaO7S4. The standard InChI is InChI=1S/C20H16N6O7S4.Na/c21-19-22-10(6-35-19)12(25-31)15(27)24-13-16(28)26-14(18(29)30)8(5-34-17(13)26)7-37(32,33)20-23-9-3-1-2-4-11(9)36-20;/h1-4,6,13,17,31H,5,7H2,(H2,21,22)(H,24,27)(H,29,30);/q;+1/p-1/b25-12-;/t13?,17-;/m1./s1. The first-order valence-electron chi connectivity index (χ1n) is 10.3. The zero-order valence-electron chi connectivity index (χ0n) is 19.4. The molecule has 3 aromatic rings. The maximum absolute atomic E-state index is 13.1. The molecule has 1 saturated heterocycles. The van der Waals surface area contributed by atoms with Crippen molar-refractivity contribution < 1.29 is 62.7 Å². The summed E-state index contributed by atoms with van der Waals surface area (Å²) in [4.78, 5) is 46.4. The third-order valence-corrected chi connectivity index (χ3v) is 10.7. The SMILES string of the molecule is Nc1nc(/C(=N/O)C(=O)NC2C(=O)N3C(C(=O)[O-])=C(CS(=O)(=O)c4nc5ccccc5s4)CS[C@H]23)cs1.[Na+]. The minimum Gasteiger partial charge on any atom is -0.543 e. The number of nitrogens with two attached hydrogens (primary N) is 1. The normalized spacial score (nSPS) is 19.5. The van der Waals surface area contributed by atoms with E-state index in [1.807, 2.05) is 0 Å². The molecule has 5 rings (SSSR count). The maximum Gasteiger partial charge on any atom is 1.00 e. The summed E-state index contributed by atoms with van der Waals surface area (Å²) in [7, 11) is -4.02. The summed E-state index contributed by atoms with van der Waals surface area (Å²) < 4.78 is 26.6. The molecule has 4 N–H and O–H groups in total. The second-order valence-electron chi connectivity index (χ2n) is 7.83. The number of thiazole rings is 2. The molecule has 2 amide bonds. The molecule has 1 fully saturated rings. The summed E-state index contributed by atoms with van der Waals surface area (Å²) >= 11 is 3.06. The van der Waals surface area contributed by atoms with Gasteiger partial charge in [-0.3, -0.25) is 14.5 Å². The van der Waals surface area contributed by atoms with Gasteiger partial charge in [-0.2, -0.15) is 0 Å². The van der Waals surface area contributed by atoms with Crippen molar-refractivity contribution in [3.05, 3.63) is 46.6 Å². The molecule has 2 aliphatic rings. The van der Waals surface area contributed by atoms with Crippen molar-refractivity contribution >= 4 is 83.1 Å². The Balaban J connectivity index is 0.00000336. The van der Waals surface area contributed by atoms with Crippen LogP contribution < -0.4 is 45.7 Å². The Morgan fingerprint density at radius 3 is 2.66 bits per heavy atom. The van der Waals surface area contributed by atoms with E-state index in [4.69, 9.17) is 5.73 Å². The topological polar surface area (TPSA) is 208 Å². The van der Waals surface area contributed by atoms with Crippen molar-refractivity contribution in [1.82, 2.24) is 20.2 Å². The van der Waals surface area contributed by atoms with Gasteiger partial charge in [0.05, 0.1) is 27.6 Å². The van der Waals surface area contributed by atoms with Gasteiger partial charge in [0.2, 0.25) is 14.2 Å². The van der Waals surface area contributed by atoms with Crippen LogP contribution in [0.2, 0.25) is 0 Å². The molecule has 2 aromatic heterocycles. The van der Waals surface area contributed by atoms with Gasteiger partial charge in [-0.25, -0.2) is 18.4 Å². The number of anilines is 1. The van der Waals surface area contributed by atoms with Gasteiger partial charge in [-0.15, -0.1) is 34.4 Å². The quantitative estimate of drug-likeness (QED) is 0.0791. The molecule has 18 heteroatoms. The average Bonchev–Trinajstić information content (AvgIpc) is 3.49. The second kappa shape index (κ2) is 10.9. The van der Waals surface area contributed by atoms with E-state index in [2.05, 4.69) is 20.4 Å². The fourth-order valence-corrected chi connectivity index (χ4v) is 8.61. The van der Waals surface area contributed by atoms with Crippen molar-refractivity contribution in [2.45, 2.75) is 15.8 Å². The molecule has 0 aliphatic carbocycles. The molecule has 38 heavy (non-hydrogen) atoms. The maximum atomic E-state index is 13.1. The number of β-lactam (4-membered cyclic amide) rings is 1. The van der Waals surface area contributed by atoms with E-state index < -0.39 is 56.2 Å². The van der Waals surface area contributed by atoms with Crippen LogP contribution in [0.5, 0.6) is 0 Å². The number of amides is 2. The summed E-state index contributed by atoms with van der Waals surface area (Å²) in [5.41, 5.74) is 5.00. The largest absolute Gasteiger partial charge is 1.00 e. The van der Waals surface area contributed by atoms with Gasteiger partial charge in [-0.05, 0) is 17.7 Å². The number of fused-ring (bicyclic) bond motifs is 2. The molecule has 0 spiro atoms. The van der Waals surface area contributed by atoms with Gasteiger partial charge in [0.1, 0.15) is 17.1 Å². The van der Waals surface area contributed by atoms with Crippen molar-refractivity contribution in [2.75, 3.05) is 17.2 Å². The number of carboxylic acids is 1. The van der Waals surface area contributed by atoms with Gasteiger partial charge in [0.25, 0.3) is 11.8 Å². The number of hydrogen-bond acceptors (Lipinski definition) is 14. The number of hydrogen-bond donors (Lipinski definition) is 3. The summed E-state index contributed by atoms with van der Waals surface area (Å²) in [6.07, 6.45) is 0. The number of nitrogens with zero attached hydrogens (tertiary/aromatic N) is 4. The Hall–Kier alpha value is -2.54. The monoisotopic (exact) mass is 602 g/mol. The minimum absolute atomic E-state index is 0. The van der Waals surface area contributed by atoms with E-state index >= 15 is 0 Å². The van der Waals surface area contributed by atoms with Gasteiger partial charge >= 0.3 is 29.6 Å². The average molecular weight is 603 g/mol. The fourth-order valence-electron chi connectivity index (χ4n) is 3.88. The molecule has 1 aromatic carbocycles. The number of oxime groups is 1. The van der Waals surface area contributed by atoms with Crippen LogP contribution in [0.3, 0.4) is 0 Å². The number of carbonyl (C=O) groups is 3. The van der Waals surface area contributed by atoms with Crippen LogP contribution in [-0.4, -0.2) is 74.9 Å². The first kappa shape index (κ1) is 28.5. The van der Waals surface area contributed by atoms with Gasteiger partial charge in [0.15, 0.2) is 10.8 Å². The number of para-hydroxylation sites is 1. The predicted octanol–water partition coefficient (Wildman–Crippen LogP) is -3.60. The molecule has 0 bridgehead atoms. The number of thioether (sulfide) groups is 1. The third-order valence-electron chi connectivity index (χ3n) is 5.51. The number of benzene rings is 1. The fraction of sp³-hybridized carbons (Fsp3) is 0.200. The van der Waals surface area contributed by atoms with Crippen molar-refractivity contribution in [2.24, 2.45) is 5.16 Å². The first-order valence-corrected chi connectivity index (χ1v) is 14.7. The van der Waals surface area contributed by atoms with Gasteiger partial charge in [0, 0.05) is 11.1 Å². The van der Waals surface area contributed by atoms with Crippen LogP contribution in [0.25, 0.3) is 10.2 Å². The van der Waals surface area contributed by atoms with Crippen LogP contribution in [0.4, 0.5) is 5.13 Å². The number of sulfone groups is 1. The number of nitrogen functional groups attached to an aromatic ring is 1. The number of nitrogens with one attached hydrogen (secondary N) is 1. The van der Waals surface area contributed by atoms with Crippen LogP contribution in [-0.2, 0) is 24.2 Å². The van der Waals surface area contributed by atoms with Crippen molar-refractivity contribution in [1.29, 1.82) is 0 Å². The van der Waals surface area contributed by atoms with E-state index in [1.54, 1.807) is 24.3 Å². The predicted molar refractivity (Wildman–Crippen MR) is 134 cm³/mol. The molecule has 0 saturated carbocycles. The Morgan fingerprint density at radius 2 is 2.03 bits per heavy atom. The van der Waals surface area contributed by atoms with Crippen molar-refractivity contribution in [3.8, 4) is 0 Å². The molecule has 4 heterocycles. The zero-order chi connectivity index (χ0) is 26.5. The number of carboxylic acid groups (broad SMARTS) is 1. The molecule has 2 atom stereocenters. The Bertz CT molecular complexity index is 1600. The first-order chi connectivity index (χ1) is 17.6. The number of aromatic nitrogens is 2.